The molecule has 366 valence electrons. The number of benzene rings is 8. The monoisotopic (exact) mass is 1140 g/mol. The van der Waals surface area contributed by atoms with Crippen LogP contribution in [0, 0.1) is 12.9 Å². The molecule has 5 nitrogen and oxygen atoms in total. The van der Waals surface area contributed by atoms with Gasteiger partial charge in [0.05, 0.1) is 22.3 Å². The number of hydrogen-bond acceptors (Lipinski definition) is 3. The van der Waals surface area contributed by atoms with E-state index in [4.69, 9.17) is 14.1 Å². The summed E-state index contributed by atoms with van der Waals surface area (Å²) in [7, 11) is 0. The molecule has 0 aliphatic heterocycles. The van der Waals surface area contributed by atoms with Gasteiger partial charge in [-0.25, -0.2) is 4.98 Å². The Hall–Kier alpha value is -7.33. The van der Waals surface area contributed by atoms with E-state index in [0.717, 1.165) is 94.3 Å². The molecule has 0 saturated carbocycles. The minimum absolute atomic E-state index is 0. The van der Waals surface area contributed by atoms with Crippen LogP contribution in [0.2, 0.25) is 0 Å². The van der Waals surface area contributed by atoms with E-state index in [1.165, 1.54) is 5.56 Å². The fraction of sp³-hybridized carbons (Fsp3) is 0.194. The second-order valence-corrected chi connectivity index (χ2v) is 22.2. The minimum Gasteiger partial charge on any atom is -0.507 e. The number of aromatic hydroxyl groups is 1. The molecular formula is C67H61N4OPt-. The van der Waals surface area contributed by atoms with Crippen molar-refractivity contribution in [3.8, 4) is 73.2 Å². The van der Waals surface area contributed by atoms with Crippen molar-refractivity contribution in [3.63, 3.8) is 0 Å². The van der Waals surface area contributed by atoms with E-state index in [1.807, 2.05) is 24.3 Å². The van der Waals surface area contributed by atoms with Gasteiger partial charge in [-0.05, 0) is 110 Å². The van der Waals surface area contributed by atoms with Gasteiger partial charge in [-0.15, -0.1) is 11.6 Å². The van der Waals surface area contributed by atoms with Crippen LogP contribution in [-0.2, 0) is 37.3 Å². The van der Waals surface area contributed by atoms with Gasteiger partial charge in [0.25, 0.3) is 0 Å². The minimum atomic E-state index is -2.20. The van der Waals surface area contributed by atoms with E-state index in [2.05, 4.69) is 217 Å². The number of imidazole rings is 1. The van der Waals surface area contributed by atoms with E-state index in [1.54, 1.807) is 18.3 Å². The summed E-state index contributed by atoms with van der Waals surface area (Å²) in [6, 6.07) is 64.3. The summed E-state index contributed by atoms with van der Waals surface area (Å²) in [5.41, 5.74) is 16.1. The number of para-hydroxylation sites is 3. The molecule has 73 heavy (non-hydrogen) atoms. The van der Waals surface area contributed by atoms with Crippen molar-refractivity contribution < 1.29 is 30.3 Å². The number of nitrogens with zero attached hydrogens (tertiary/aromatic N) is 4. The molecule has 11 aromatic rings. The van der Waals surface area contributed by atoms with Crippen LogP contribution >= 0.6 is 0 Å². The number of aromatic nitrogens is 4. The largest absolute Gasteiger partial charge is 0.507 e. The van der Waals surface area contributed by atoms with Crippen molar-refractivity contribution in [3.05, 3.63) is 210 Å². The second kappa shape index (κ2) is 18.6. The van der Waals surface area contributed by atoms with Crippen LogP contribution in [0.25, 0.3) is 100 Å². The molecule has 0 radical (unpaired) electrons. The molecule has 0 atom stereocenters. The zero-order valence-electron chi connectivity index (χ0n) is 45.9. The van der Waals surface area contributed by atoms with Crippen LogP contribution in [0.3, 0.4) is 0 Å². The molecule has 11 rings (SSSR count). The van der Waals surface area contributed by atoms with Gasteiger partial charge in [-0.2, -0.15) is 0 Å². The van der Waals surface area contributed by atoms with Crippen molar-refractivity contribution >= 4 is 32.8 Å². The number of aryl methyl sites for hydroxylation is 1. The van der Waals surface area contributed by atoms with Gasteiger partial charge in [0, 0.05) is 59.4 Å². The zero-order chi connectivity index (χ0) is 52.8. The standard InChI is InChI=1S/C67H61N4O.Pt/c1-42-28-30-43(31-29-42)45-34-35-68-56(37-45)46-36-53(61-51-24-17-18-26-57(51)70(60(61)38-46)49-22-15-12-16-23-49)50-25-19-27-59-62(50)69-64(54-40-48(66(5,6)7)41-55(63(54)72)67(8,9)10)71(59)58-33-32-47(65(2,3)4)39-52(58)44-20-13-11-14-21-44;/h11-35,37-41,72H,1-10H3;/q-1;/i1D3;. The average Bonchev–Trinajstić information content (AvgIpc) is 4.00. The quantitative estimate of drug-likeness (QED) is 0.162. The summed E-state index contributed by atoms with van der Waals surface area (Å²) in [6.45, 7) is 17.6. The third kappa shape index (κ3) is 8.93. The van der Waals surface area contributed by atoms with Crippen molar-refractivity contribution in [2.45, 2.75) is 85.4 Å². The molecule has 0 aliphatic rings. The fourth-order valence-corrected chi connectivity index (χ4v) is 10.2. The van der Waals surface area contributed by atoms with Gasteiger partial charge in [0.1, 0.15) is 11.6 Å². The molecule has 0 saturated heterocycles. The Labute approximate surface area is 448 Å². The topological polar surface area (TPSA) is 55.9 Å². The van der Waals surface area contributed by atoms with Crippen LogP contribution in [0.4, 0.5) is 0 Å². The maximum absolute atomic E-state index is 12.8. The van der Waals surface area contributed by atoms with Crippen LogP contribution in [-0.4, -0.2) is 24.2 Å². The maximum atomic E-state index is 12.8. The molecule has 0 amide bonds. The van der Waals surface area contributed by atoms with Crippen LogP contribution in [0.1, 0.15) is 88.7 Å². The third-order valence-corrected chi connectivity index (χ3v) is 14.1. The van der Waals surface area contributed by atoms with Crippen molar-refractivity contribution in [1.82, 2.24) is 19.1 Å². The van der Waals surface area contributed by atoms with Crippen LogP contribution in [0.5, 0.6) is 5.75 Å². The van der Waals surface area contributed by atoms with E-state index in [-0.39, 0.29) is 43.1 Å². The van der Waals surface area contributed by atoms with Crippen LogP contribution < -0.4 is 0 Å². The molecule has 6 heteroatoms. The molecule has 3 aromatic heterocycles. The second-order valence-electron chi connectivity index (χ2n) is 22.2. The van der Waals surface area contributed by atoms with E-state index < -0.39 is 6.85 Å². The Morgan fingerprint density at radius 2 is 1.21 bits per heavy atom. The first-order valence-electron chi connectivity index (χ1n) is 26.4. The van der Waals surface area contributed by atoms with Gasteiger partial charge in [-0.1, -0.05) is 212 Å². The SMILES string of the molecule is [2H]C([2H])([2H])c1ccc(-c2ccnc(-c3[c-]c(-c4cccc5c4nc(-c4cc(C(C)(C)C)cc(C(C)(C)C)c4O)n5-c4ccc(C(C)(C)C)cc4-c4ccccc4)c4c5ccccc5n(-c5ccccc5)c4c3)c2)cc1.[Pt]. The first-order valence-corrected chi connectivity index (χ1v) is 24.9. The molecule has 8 aromatic carbocycles. The Kier molecular flexibility index (Phi) is 11.6. The number of fused-ring (bicyclic) bond motifs is 4. The number of rotatable bonds is 7. The van der Waals surface area contributed by atoms with E-state index in [0.29, 0.717) is 22.6 Å². The number of phenolic OH excluding ortho intramolecular Hbond substituents is 1. The fourth-order valence-electron chi connectivity index (χ4n) is 10.2. The van der Waals surface area contributed by atoms with E-state index in [9.17, 15) is 5.11 Å². The molecule has 0 spiro atoms. The van der Waals surface area contributed by atoms with E-state index >= 15 is 0 Å². The summed E-state index contributed by atoms with van der Waals surface area (Å²) in [4.78, 5) is 10.8. The van der Waals surface area contributed by atoms with Gasteiger partial charge < -0.3 is 9.67 Å². The number of phenols is 1. The van der Waals surface area contributed by atoms with Gasteiger partial charge in [0.2, 0.25) is 0 Å². The first kappa shape index (κ1) is 45.5. The number of hydrogen-bond donors (Lipinski definition) is 1. The predicted octanol–water partition coefficient (Wildman–Crippen LogP) is 17.6. The van der Waals surface area contributed by atoms with Crippen molar-refractivity contribution in [1.29, 1.82) is 0 Å². The zero-order valence-corrected chi connectivity index (χ0v) is 45.1. The molecular weight excluding hydrogens is 1070 g/mol. The Morgan fingerprint density at radius 3 is 1.90 bits per heavy atom. The molecule has 0 unspecified atom stereocenters. The average molecular weight is 1140 g/mol. The third-order valence-electron chi connectivity index (χ3n) is 14.1. The normalized spacial score (nSPS) is 13.0. The molecule has 0 aliphatic carbocycles. The smallest absolute Gasteiger partial charge is 0.148 e. The van der Waals surface area contributed by atoms with Crippen LogP contribution in [0.15, 0.2) is 182 Å². The van der Waals surface area contributed by atoms with Crippen molar-refractivity contribution in [2.75, 3.05) is 0 Å². The van der Waals surface area contributed by atoms with Gasteiger partial charge in [0.15, 0.2) is 0 Å². The first-order chi connectivity index (χ1) is 35.6. The predicted molar refractivity (Wildman–Crippen MR) is 302 cm³/mol. The Bertz CT molecular complexity index is 3980. The molecule has 0 bridgehead atoms. The molecule has 3 heterocycles. The van der Waals surface area contributed by atoms with Gasteiger partial charge in [-0.3, -0.25) is 9.55 Å². The summed E-state index contributed by atoms with van der Waals surface area (Å²) in [6.07, 6.45) is 1.81. The molecule has 0 fully saturated rings. The summed E-state index contributed by atoms with van der Waals surface area (Å²) in [5.74, 6) is 0.840. The summed E-state index contributed by atoms with van der Waals surface area (Å²) in [5, 5.41) is 14.9. The number of pyridine rings is 1. The maximum Gasteiger partial charge on any atom is 0.148 e. The van der Waals surface area contributed by atoms with Crippen molar-refractivity contribution in [2.24, 2.45) is 0 Å². The summed E-state index contributed by atoms with van der Waals surface area (Å²) < 4.78 is 28.5. The van der Waals surface area contributed by atoms with Gasteiger partial charge >= 0.3 is 0 Å². The summed E-state index contributed by atoms with van der Waals surface area (Å²) >= 11 is 0. The Morgan fingerprint density at radius 1 is 0.534 bits per heavy atom. The molecule has 1 N–H and O–H groups in total. The Balaban J connectivity index is 0.00000657.